The molecule has 0 atom stereocenters. The van der Waals surface area contributed by atoms with Crippen molar-refractivity contribution in [1.29, 1.82) is 0 Å². The Balaban J connectivity index is 2.34. The van der Waals surface area contributed by atoms with Gasteiger partial charge in [0.2, 0.25) is 0 Å². The molecule has 2 aromatic heterocycles. The molecule has 2 N–H and O–H groups in total. The van der Waals surface area contributed by atoms with Crippen LogP contribution < -0.4 is 10.0 Å². The van der Waals surface area contributed by atoms with Gasteiger partial charge >= 0.3 is 0 Å². The van der Waals surface area contributed by atoms with Gasteiger partial charge in [-0.3, -0.25) is 9.40 Å². The SMILES string of the molecule is CNCCn1nc(C)c(S(=O)(=O)Nc2ccsc2)c1C. The summed E-state index contributed by atoms with van der Waals surface area (Å²) in [6, 6.07) is 1.73. The molecular weight excluding hydrogens is 296 g/mol. The molecule has 0 fully saturated rings. The highest BCUT2D eigenvalue weighted by Gasteiger charge is 2.24. The maximum atomic E-state index is 12.5. The number of aryl methyl sites for hydroxylation is 1. The molecule has 6 nitrogen and oxygen atoms in total. The molecule has 0 aliphatic carbocycles. The highest BCUT2D eigenvalue weighted by Crippen LogP contribution is 2.23. The van der Waals surface area contributed by atoms with E-state index in [1.165, 1.54) is 11.3 Å². The van der Waals surface area contributed by atoms with Crippen molar-refractivity contribution in [1.82, 2.24) is 15.1 Å². The Bertz CT molecular complexity index is 675. The van der Waals surface area contributed by atoms with Crippen molar-refractivity contribution in [3.63, 3.8) is 0 Å². The van der Waals surface area contributed by atoms with Crippen LogP contribution in [0.15, 0.2) is 21.7 Å². The lowest BCUT2D eigenvalue weighted by Crippen LogP contribution is -2.18. The second-order valence-corrected chi connectivity index (χ2v) is 6.84. The highest BCUT2D eigenvalue weighted by molar-refractivity contribution is 7.92. The van der Waals surface area contributed by atoms with Crippen molar-refractivity contribution >= 4 is 27.0 Å². The van der Waals surface area contributed by atoms with Crippen molar-refractivity contribution in [2.75, 3.05) is 18.3 Å². The number of nitrogens with one attached hydrogen (secondary N) is 2. The summed E-state index contributed by atoms with van der Waals surface area (Å²) in [5.74, 6) is 0. The van der Waals surface area contributed by atoms with E-state index in [1.807, 2.05) is 12.4 Å². The summed E-state index contributed by atoms with van der Waals surface area (Å²) in [6.45, 7) is 4.86. The lowest BCUT2D eigenvalue weighted by molar-refractivity contribution is 0.566. The second kappa shape index (κ2) is 5.94. The summed E-state index contributed by atoms with van der Waals surface area (Å²) < 4.78 is 29.2. The molecule has 2 aromatic rings. The van der Waals surface area contributed by atoms with Gasteiger partial charge in [0.15, 0.2) is 0 Å². The smallest absolute Gasteiger partial charge is 0.265 e. The Labute approximate surface area is 122 Å². The quantitative estimate of drug-likeness (QED) is 0.849. The maximum absolute atomic E-state index is 12.5. The van der Waals surface area contributed by atoms with Crippen molar-refractivity contribution in [2.24, 2.45) is 0 Å². The number of anilines is 1. The third-order valence-electron chi connectivity index (χ3n) is 2.93. The van der Waals surface area contributed by atoms with Gasteiger partial charge in [0.05, 0.1) is 23.6 Å². The van der Waals surface area contributed by atoms with E-state index in [9.17, 15) is 8.42 Å². The van der Waals surface area contributed by atoms with E-state index in [4.69, 9.17) is 0 Å². The lowest BCUT2D eigenvalue weighted by Gasteiger charge is -2.07. The molecule has 0 aliphatic rings. The molecule has 0 radical (unpaired) electrons. The van der Waals surface area contributed by atoms with Crippen LogP contribution in [0.4, 0.5) is 5.69 Å². The Morgan fingerprint density at radius 3 is 2.75 bits per heavy atom. The molecule has 0 saturated carbocycles. The Hall–Kier alpha value is -1.38. The molecule has 0 unspecified atom stereocenters. The largest absolute Gasteiger partial charge is 0.318 e. The first kappa shape index (κ1) is 15.0. The van der Waals surface area contributed by atoms with Crippen molar-refractivity contribution in [2.45, 2.75) is 25.3 Å². The fourth-order valence-electron chi connectivity index (χ4n) is 2.03. The summed E-state index contributed by atoms with van der Waals surface area (Å²) >= 11 is 1.44. The molecule has 0 bridgehead atoms. The van der Waals surface area contributed by atoms with Crippen LogP contribution in [-0.4, -0.2) is 31.8 Å². The zero-order valence-corrected chi connectivity index (χ0v) is 13.3. The number of rotatable bonds is 6. The van der Waals surface area contributed by atoms with E-state index >= 15 is 0 Å². The predicted octanol–water partition coefficient (Wildman–Crippen LogP) is 1.58. The summed E-state index contributed by atoms with van der Waals surface area (Å²) in [4.78, 5) is 0.264. The van der Waals surface area contributed by atoms with E-state index in [0.717, 1.165) is 6.54 Å². The first-order valence-electron chi connectivity index (χ1n) is 6.19. The van der Waals surface area contributed by atoms with E-state index in [2.05, 4.69) is 15.1 Å². The topological polar surface area (TPSA) is 76.0 Å². The fraction of sp³-hybridized carbons (Fsp3) is 0.417. The third-order valence-corrected chi connectivity index (χ3v) is 5.25. The molecule has 0 spiro atoms. The second-order valence-electron chi connectivity index (χ2n) is 4.44. The first-order chi connectivity index (χ1) is 9.45. The molecule has 8 heteroatoms. The van der Waals surface area contributed by atoms with Gasteiger partial charge in [-0.1, -0.05) is 0 Å². The molecule has 2 rings (SSSR count). The Kier molecular flexibility index (Phi) is 4.46. The zero-order chi connectivity index (χ0) is 14.8. The monoisotopic (exact) mass is 314 g/mol. The molecular formula is C12H18N4O2S2. The van der Waals surface area contributed by atoms with Crippen LogP contribution in [0.3, 0.4) is 0 Å². The molecule has 0 aliphatic heterocycles. The van der Waals surface area contributed by atoms with Gasteiger partial charge in [0.1, 0.15) is 4.90 Å². The molecule has 0 saturated heterocycles. The average molecular weight is 314 g/mol. The minimum atomic E-state index is -3.60. The summed E-state index contributed by atoms with van der Waals surface area (Å²) in [7, 11) is -1.75. The molecule has 20 heavy (non-hydrogen) atoms. The van der Waals surface area contributed by atoms with Crippen LogP contribution in [-0.2, 0) is 16.6 Å². The van der Waals surface area contributed by atoms with E-state index in [-0.39, 0.29) is 4.90 Å². The first-order valence-corrected chi connectivity index (χ1v) is 8.62. The standard InChI is InChI=1S/C12H18N4O2S2/c1-9-12(10(2)16(14-9)6-5-13-3)20(17,18)15-11-4-7-19-8-11/h4,7-8,13,15H,5-6H2,1-3H3. The maximum Gasteiger partial charge on any atom is 0.265 e. The molecule has 2 heterocycles. The number of hydrogen-bond acceptors (Lipinski definition) is 5. The van der Waals surface area contributed by atoms with Crippen LogP contribution in [0.25, 0.3) is 0 Å². The number of sulfonamides is 1. The molecule has 0 amide bonds. The molecule has 110 valence electrons. The van der Waals surface area contributed by atoms with Crippen molar-refractivity contribution < 1.29 is 8.42 Å². The predicted molar refractivity (Wildman–Crippen MR) is 80.8 cm³/mol. The van der Waals surface area contributed by atoms with Gasteiger partial charge < -0.3 is 5.32 Å². The molecule has 0 aromatic carbocycles. The van der Waals surface area contributed by atoms with Gasteiger partial charge in [-0.05, 0) is 32.3 Å². The van der Waals surface area contributed by atoms with Gasteiger partial charge in [0, 0.05) is 11.9 Å². The van der Waals surface area contributed by atoms with Gasteiger partial charge in [-0.15, -0.1) is 0 Å². The Morgan fingerprint density at radius 1 is 1.40 bits per heavy atom. The van der Waals surface area contributed by atoms with E-state index in [0.29, 0.717) is 23.6 Å². The minimum Gasteiger partial charge on any atom is -0.318 e. The number of thiophene rings is 1. The average Bonchev–Trinajstić information content (AvgIpc) is 2.94. The number of nitrogens with zero attached hydrogens (tertiary/aromatic N) is 2. The third kappa shape index (κ3) is 3.02. The summed E-state index contributed by atoms with van der Waals surface area (Å²) in [5.41, 5.74) is 1.75. The van der Waals surface area contributed by atoms with Gasteiger partial charge in [0.25, 0.3) is 10.0 Å². The van der Waals surface area contributed by atoms with E-state index < -0.39 is 10.0 Å². The van der Waals surface area contributed by atoms with Crippen molar-refractivity contribution in [3.8, 4) is 0 Å². The van der Waals surface area contributed by atoms with Crippen LogP contribution in [0, 0.1) is 13.8 Å². The van der Waals surface area contributed by atoms with Crippen molar-refractivity contribution in [3.05, 3.63) is 28.2 Å². The van der Waals surface area contributed by atoms with Gasteiger partial charge in [-0.25, -0.2) is 8.42 Å². The zero-order valence-electron chi connectivity index (χ0n) is 11.7. The van der Waals surface area contributed by atoms with E-state index in [1.54, 1.807) is 30.0 Å². The van der Waals surface area contributed by atoms with Gasteiger partial charge in [-0.2, -0.15) is 16.4 Å². The summed E-state index contributed by atoms with van der Waals surface area (Å²) in [6.07, 6.45) is 0. The Morgan fingerprint density at radius 2 is 2.15 bits per heavy atom. The highest BCUT2D eigenvalue weighted by atomic mass is 32.2. The van der Waals surface area contributed by atoms with Crippen LogP contribution in [0.1, 0.15) is 11.4 Å². The summed E-state index contributed by atoms with van der Waals surface area (Å²) in [5, 5.41) is 10.9. The van der Waals surface area contributed by atoms with Crippen LogP contribution in [0.5, 0.6) is 0 Å². The fourth-order valence-corrected chi connectivity index (χ4v) is 4.16. The lowest BCUT2D eigenvalue weighted by atomic mass is 10.4. The number of aromatic nitrogens is 2. The van der Waals surface area contributed by atoms with Crippen LogP contribution in [0.2, 0.25) is 0 Å². The minimum absolute atomic E-state index is 0.264. The number of likely N-dealkylation sites (N-methyl/N-ethyl adjacent to an activating group) is 1. The number of hydrogen-bond donors (Lipinski definition) is 2. The van der Waals surface area contributed by atoms with Crippen LogP contribution >= 0.6 is 11.3 Å². The normalized spacial score (nSPS) is 11.8.